The second kappa shape index (κ2) is 1.91. The fourth-order valence-electron chi connectivity index (χ4n) is 1.04. The highest BCUT2D eigenvalue weighted by Gasteiger charge is 2.21. The van der Waals surface area contributed by atoms with Gasteiger partial charge < -0.3 is 11.1 Å². The van der Waals surface area contributed by atoms with E-state index >= 15 is 0 Å². The number of carbonyl (C=O) groups excluding carboxylic acids is 1. The Labute approximate surface area is 62.6 Å². The summed E-state index contributed by atoms with van der Waals surface area (Å²) in [4.78, 5) is 18.4. The standard InChI is InChI=1S/C6H6N4O/c7-5-3-1-4(11)10-6(3)9-2-8-5/h2H,1H2,(H3,7,8,9,10,11). The summed E-state index contributed by atoms with van der Waals surface area (Å²) in [5, 5.41) is 2.57. The van der Waals surface area contributed by atoms with Gasteiger partial charge in [0.1, 0.15) is 18.0 Å². The summed E-state index contributed by atoms with van der Waals surface area (Å²) in [5.74, 6) is 0.850. The maximum Gasteiger partial charge on any atom is 0.230 e. The van der Waals surface area contributed by atoms with Crippen LogP contribution in [0.15, 0.2) is 6.33 Å². The first-order chi connectivity index (χ1) is 5.27. The van der Waals surface area contributed by atoms with E-state index in [1.54, 1.807) is 0 Å². The number of nitrogens with one attached hydrogen (secondary N) is 1. The molecule has 1 aliphatic rings. The van der Waals surface area contributed by atoms with Crippen LogP contribution in [-0.2, 0) is 11.2 Å². The van der Waals surface area contributed by atoms with Crippen molar-refractivity contribution in [2.45, 2.75) is 6.42 Å². The molecular weight excluding hydrogens is 144 g/mol. The monoisotopic (exact) mass is 150 g/mol. The zero-order valence-corrected chi connectivity index (χ0v) is 5.66. The number of nitrogen functional groups attached to an aromatic ring is 1. The fraction of sp³-hybridized carbons (Fsp3) is 0.167. The van der Waals surface area contributed by atoms with E-state index in [4.69, 9.17) is 5.73 Å². The molecule has 5 heteroatoms. The van der Waals surface area contributed by atoms with Crippen molar-refractivity contribution in [1.29, 1.82) is 0 Å². The van der Waals surface area contributed by atoms with Crippen LogP contribution in [0.3, 0.4) is 0 Å². The molecule has 0 saturated heterocycles. The number of fused-ring (bicyclic) bond motifs is 1. The van der Waals surface area contributed by atoms with Crippen molar-refractivity contribution in [2.75, 3.05) is 11.1 Å². The molecule has 0 aliphatic carbocycles. The fourth-order valence-corrected chi connectivity index (χ4v) is 1.04. The number of carbonyl (C=O) groups is 1. The summed E-state index contributed by atoms with van der Waals surface area (Å²) in [5.41, 5.74) is 6.20. The van der Waals surface area contributed by atoms with Crippen molar-refractivity contribution >= 4 is 17.5 Å². The van der Waals surface area contributed by atoms with E-state index in [9.17, 15) is 4.79 Å². The minimum atomic E-state index is -0.0767. The maximum absolute atomic E-state index is 10.8. The smallest absolute Gasteiger partial charge is 0.230 e. The van der Waals surface area contributed by atoms with Crippen molar-refractivity contribution in [3.8, 4) is 0 Å². The predicted octanol–water partition coefficient (Wildman–Crippen LogP) is -0.447. The summed E-state index contributed by atoms with van der Waals surface area (Å²) in [6.07, 6.45) is 1.63. The molecule has 3 N–H and O–H groups in total. The Hall–Kier alpha value is -1.65. The number of rotatable bonds is 0. The molecule has 1 aromatic heterocycles. The second-order valence-electron chi connectivity index (χ2n) is 2.31. The van der Waals surface area contributed by atoms with Gasteiger partial charge >= 0.3 is 0 Å². The molecule has 0 saturated carbocycles. The van der Waals surface area contributed by atoms with Gasteiger partial charge in [-0.15, -0.1) is 0 Å². The third-order valence-corrected chi connectivity index (χ3v) is 1.57. The number of hydrogen-bond acceptors (Lipinski definition) is 4. The quantitative estimate of drug-likeness (QED) is 0.525. The highest BCUT2D eigenvalue weighted by atomic mass is 16.1. The van der Waals surface area contributed by atoms with Gasteiger partial charge in [-0.3, -0.25) is 4.79 Å². The Bertz CT molecular complexity index is 322. The van der Waals surface area contributed by atoms with Gasteiger partial charge in [-0.2, -0.15) is 0 Å². The van der Waals surface area contributed by atoms with Gasteiger partial charge in [-0.1, -0.05) is 0 Å². The summed E-state index contributed by atoms with van der Waals surface area (Å²) in [6, 6.07) is 0. The lowest BCUT2D eigenvalue weighted by molar-refractivity contribution is -0.115. The first-order valence-corrected chi connectivity index (χ1v) is 3.16. The average molecular weight is 150 g/mol. The normalized spacial score (nSPS) is 14.4. The molecule has 0 atom stereocenters. The Morgan fingerprint density at radius 3 is 3.09 bits per heavy atom. The van der Waals surface area contributed by atoms with Crippen molar-refractivity contribution in [3.63, 3.8) is 0 Å². The predicted molar refractivity (Wildman–Crippen MR) is 38.8 cm³/mol. The van der Waals surface area contributed by atoms with Gasteiger partial charge in [0.05, 0.1) is 6.42 Å². The number of hydrogen-bond donors (Lipinski definition) is 2. The topological polar surface area (TPSA) is 80.9 Å². The molecule has 56 valence electrons. The van der Waals surface area contributed by atoms with E-state index in [-0.39, 0.29) is 5.91 Å². The summed E-state index contributed by atoms with van der Waals surface area (Å²) in [6.45, 7) is 0. The van der Waals surface area contributed by atoms with Gasteiger partial charge in [0.2, 0.25) is 5.91 Å². The SMILES string of the molecule is Nc1ncnc2c1CC(=O)N2. The van der Waals surface area contributed by atoms with Crippen LogP contribution in [-0.4, -0.2) is 15.9 Å². The van der Waals surface area contributed by atoms with E-state index in [1.165, 1.54) is 6.33 Å². The van der Waals surface area contributed by atoms with Crippen molar-refractivity contribution in [2.24, 2.45) is 0 Å². The van der Waals surface area contributed by atoms with Crippen LogP contribution >= 0.6 is 0 Å². The first-order valence-electron chi connectivity index (χ1n) is 3.16. The van der Waals surface area contributed by atoms with Crippen molar-refractivity contribution in [1.82, 2.24) is 9.97 Å². The molecule has 2 heterocycles. The van der Waals surface area contributed by atoms with E-state index in [0.29, 0.717) is 23.6 Å². The van der Waals surface area contributed by atoms with Crippen LogP contribution in [0.2, 0.25) is 0 Å². The molecule has 1 aromatic rings. The van der Waals surface area contributed by atoms with Crippen LogP contribution in [0.25, 0.3) is 0 Å². The Balaban J connectivity index is 2.57. The minimum Gasteiger partial charge on any atom is -0.383 e. The highest BCUT2D eigenvalue weighted by molar-refractivity contribution is 5.99. The molecule has 0 bridgehead atoms. The van der Waals surface area contributed by atoms with Gasteiger partial charge in [-0.05, 0) is 0 Å². The number of nitrogens with zero attached hydrogens (tertiary/aromatic N) is 2. The Morgan fingerprint density at radius 1 is 1.55 bits per heavy atom. The third kappa shape index (κ3) is 0.813. The highest BCUT2D eigenvalue weighted by Crippen LogP contribution is 2.22. The largest absolute Gasteiger partial charge is 0.383 e. The third-order valence-electron chi connectivity index (χ3n) is 1.57. The van der Waals surface area contributed by atoms with Crippen LogP contribution < -0.4 is 11.1 Å². The molecule has 5 nitrogen and oxygen atoms in total. The lowest BCUT2D eigenvalue weighted by atomic mass is 10.2. The summed E-state index contributed by atoms with van der Waals surface area (Å²) >= 11 is 0. The van der Waals surface area contributed by atoms with Crippen LogP contribution in [0.4, 0.5) is 11.6 Å². The molecule has 0 fully saturated rings. The molecule has 2 rings (SSSR count). The first kappa shape index (κ1) is 6.09. The molecule has 0 aromatic carbocycles. The van der Waals surface area contributed by atoms with Gasteiger partial charge in [0, 0.05) is 5.56 Å². The van der Waals surface area contributed by atoms with E-state index < -0.39 is 0 Å². The van der Waals surface area contributed by atoms with E-state index in [0.717, 1.165) is 0 Å². The molecule has 0 spiro atoms. The molecular formula is C6H6N4O. The minimum absolute atomic E-state index is 0.0767. The van der Waals surface area contributed by atoms with Gasteiger partial charge in [0.25, 0.3) is 0 Å². The molecule has 0 unspecified atom stereocenters. The number of nitrogens with two attached hydrogens (primary N) is 1. The van der Waals surface area contributed by atoms with Crippen LogP contribution in [0.1, 0.15) is 5.56 Å². The maximum atomic E-state index is 10.8. The zero-order valence-electron chi connectivity index (χ0n) is 5.66. The lowest BCUT2D eigenvalue weighted by Gasteiger charge is -1.96. The average Bonchev–Trinajstić information content (AvgIpc) is 2.31. The number of aromatic nitrogens is 2. The van der Waals surface area contributed by atoms with Crippen LogP contribution in [0.5, 0.6) is 0 Å². The van der Waals surface area contributed by atoms with Crippen molar-refractivity contribution < 1.29 is 4.79 Å². The van der Waals surface area contributed by atoms with E-state index in [1.807, 2.05) is 0 Å². The van der Waals surface area contributed by atoms with Crippen LogP contribution in [0, 0.1) is 0 Å². The Kier molecular flexibility index (Phi) is 1.06. The number of anilines is 2. The molecule has 0 radical (unpaired) electrons. The van der Waals surface area contributed by atoms with E-state index in [2.05, 4.69) is 15.3 Å². The molecule has 11 heavy (non-hydrogen) atoms. The Morgan fingerprint density at radius 2 is 2.36 bits per heavy atom. The zero-order chi connectivity index (χ0) is 7.84. The summed E-state index contributed by atoms with van der Waals surface area (Å²) < 4.78 is 0. The summed E-state index contributed by atoms with van der Waals surface area (Å²) in [7, 11) is 0. The molecule has 1 aliphatic heterocycles. The lowest BCUT2D eigenvalue weighted by Crippen LogP contribution is -2.04. The van der Waals surface area contributed by atoms with Gasteiger partial charge in [0.15, 0.2) is 0 Å². The molecule has 1 amide bonds. The number of amides is 1. The van der Waals surface area contributed by atoms with Crippen molar-refractivity contribution in [3.05, 3.63) is 11.9 Å². The second-order valence-corrected chi connectivity index (χ2v) is 2.31. The van der Waals surface area contributed by atoms with Gasteiger partial charge in [-0.25, -0.2) is 9.97 Å².